The molecular weight excluding hydrogens is 269 g/mol. The van der Waals surface area contributed by atoms with Crippen LogP contribution in [0.15, 0.2) is 24.3 Å². The summed E-state index contributed by atoms with van der Waals surface area (Å²) in [4.78, 5) is 10.8. The summed E-state index contributed by atoms with van der Waals surface area (Å²) in [6.07, 6.45) is -3.81. The minimum absolute atomic E-state index is 0.148. The van der Waals surface area contributed by atoms with Gasteiger partial charge in [0.2, 0.25) is 0 Å². The number of halogens is 3. The van der Waals surface area contributed by atoms with Crippen LogP contribution in [0.25, 0.3) is 0 Å². The minimum atomic E-state index is -4.87. The highest BCUT2D eigenvalue weighted by molar-refractivity contribution is 5.94. The molecular formula is C14H19F3N2O. The summed E-state index contributed by atoms with van der Waals surface area (Å²) in [5.74, 6) is -1.41. The molecule has 0 saturated carbocycles. The summed E-state index contributed by atoms with van der Waals surface area (Å²) in [6.45, 7) is 5.61. The highest BCUT2D eigenvalue weighted by Crippen LogP contribution is 2.18. The van der Waals surface area contributed by atoms with Crippen LogP contribution in [0, 0.1) is 5.92 Å². The predicted octanol–water partition coefficient (Wildman–Crippen LogP) is 3.32. The fourth-order valence-corrected chi connectivity index (χ4v) is 1.57. The Bertz CT molecular complexity index is 446. The van der Waals surface area contributed by atoms with Crippen LogP contribution in [0.1, 0.15) is 25.8 Å². The number of alkyl halides is 3. The van der Waals surface area contributed by atoms with E-state index >= 15 is 0 Å². The first-order valence-corrected chi connectivity index (χ1v) is 6.50. The lowest BCUT2D eigenvalue weighted by molar-refractivity contribution is -0.167. The zero-order chi connectivity index (χ0) is 15.2. The lowest BCUT2D eigenvalue weighted by atomic mass is 10.1. The first kappa shape index (κ1) is 16.5. The maximum Gasteiger partial charge on any atom is 0.471 e. The van der Waals surface area contributed by atoms with E-state index in [2.05, 4.69) is 19.2 Å². The molecule has 6 heteroatoms. The molecule has 0 aliphatic carbocycles. The Morgan fingerprint density at radius 3 is 2.65 bits per heavy atom. The van der Waals surface area contributed by atoms with Gasteiger partial charge in [0.1, 0.15) is 0 Å². The molecule has 0 aromatic heterocycles. The second-order valence-electron chi connectivity index (χ2n) is 4.80. The highest BCUT2D eigenvalue weighted by atomic mass is 19.4. The number of hydrogen-bond donors (Lipinski definition) is 2. The molecule has 1 aromatic rings. The third kappa shape index (κ3) is 5.61. The molecule has 0 heterocycles. The van der Waals surface area contributed by atoms with Crippen LogP contribution in [0.2, 0.25) is 0 Å². The molecule has 1 rings (SSSR count). The first-order chi connectivity index (χ1) is 9.32. The molecule has 20 heavy (non-hydrogen) atoms. The fourth-order valence-electron chi connectivity index (χ4n) is 1.57. The van der Waals surface area contributed by atoms with Crippen LogP contribution in [-0.4, -0.2) is 18.6 Å². The lowest BCUT2D eigenvalue weighted by Gasteiger charge is -2.12. The van der Waals surface area contributed by atoms with Gasteiger partial charge < -0.3 is 10.6 Å². The Morgan fingerprint density at radius 1 is 1.35 bits per heavy atom. The van der Waals surface area contributed by atoms with Gasteiger partial charge in [0.15, 0.2) is 0 Å². The van der Waals surface area contributed by atoms with Crippen LogP contribution >= 0.6 is 0 Å². The topological polar surface area (TPSA) is 41.1 Å². The maximum absolute atomic E-state index is 12.1. The van der Waals surface area contributed by atoms with Gasteiger partial charge in [-0.15, -0.1) is 0 Å². The Kier molecular flexibility index (Phi) is 6.01. The highest BCUT2D eigenvalue weighted by Gasteiger charge is 2.38. The van der Waals surface area contributed by atoms with Crippen molar-refractivity contribution in [2.75, 3.05) is 11.9 Å². The van der Waals surface area contributed by atoms with E-state index in [0.717, 1.165) is 18.5 Å². The Hall–Kier alpha value is -1.56. The van der Waals surface area contributed by atoms with E-state index in [4.69, 9.17) is 0 Å². The van der Waals surface area contributed by atoms with Crippen LogP contribution < -0.4 is 10.6 Å². The summed E-state index contributed by atoms with van der Waals surface area (Å²) in [5, 5.41) is 5.07. The zero-order valence-corrected chi connectivity index (χ0v) is 11.6. The number of anilines is 1. The van der Waals surface area contributed by atoms with Gasteiger partial charge in [-0.25, -0.2) is 0 Å². The average molecular weight is 288 g/mol. The van der Waals surface area contributed by atoms with Crippen LogP contribution in [0.3, 0.4) is 0 Å². The maximum atomic E-state index is 12.1. The third-order valence-electron chi connectivity index (χ3n) is 2.96. The van der Waals surface area contributed by atoms with E-state index in [0.29, 0.717) is 12.5 Å². The molecule has 112 valence electrons. The van der Waals surface area contributed by atoms with Gasteiger partial charge >= 0.3 is 12.1 Å². The van der Waals surface area contributed by atoms with Gasteiger partial charge in [-0.05, 0) is 30.2 Å². The second kappa shape index (κ2) is 7.28. The van der Waals surface area contributed by atoms with E-state index < -0.39 is 12.1 Å². The largest absolute Gasteiger partial charge is 0.471 e. The Balaban J connectivity index is 2.56. The number of nitrogens with one attached hydrogen (secondary N) is 2. The average Bonchev–Trinajstić information content (AvgIpc) is 2.38. The summed E-state index contributed by atoms with van der Waals surface area (Å²) < 4.78 is 36.4. The minimum Gasteiger partial charge on any atom is -0.318 e. The number of carbonyl (C=O) groups is 1. The molecule has 0 aliphatic heterocycles. The second-order valence-corrected chi connectivity index (χ2v) is 4.80. The van der Waals surface area contributed by atoms with Crippen molar-refractivity contribution in [1.29, 1.82) is 0 Å². The van der Waals surface area contributed by atoms with E-state index in [1.807, 2.05) is 5.32 Å². The van der Waals surface area contributed by atoms with Crippen molar-refractivity contribution in [3.05, 3.63) is 29.8 Å². The van der Waals surface area contributed by atoms with Gasteiger partial charge in [0, 0.05) is 12.2 Å². The first-order valence-electron chi connectivity index (χ1n) is 6.50. The summed E-state index contributed by atoms with van der Waals surface area (Å²) in [6, 6.07) is 6.38. The van der Waals surface area contributed by atoms with Crippen LogP contribution in [0.4, 0.5) is 18.9 Å². The summed E-state index contributed by atoms with van der Waals surface area (Å²) in [7, 11) is 0. The van der Waals surface area contributed by atoms with Gasteiger partial charge in [0.25, 0.3) is 0 Å². The molecule has 0 spiro atoms. The van der Waals surface area contributed by atoms with Gasteiger partial charge in [-0.1, -0.05) is 32.4 Å². The molecule has 0 saturated heterocycles. The van der Waals surface area contributed by atoms with Crippen LogP contribution in [0.5, 0.6) is 0 Å². The Labute approximate surface area is 116 Å². The van der Waals surface area contributed by atoms with Gasteiger partial charge in [-0.3, -0.25) is 4.79 Å². The third-order valence-corrected chi connectivity index (χ3v) is 2.96. The van der Waals surface area contributed by atoms with Crippen molar-refractivity contribution < 1.29 is 18.0 Å². The van der Waals surface area contributed by atoms with E-state index in [9.17, 15) is 18.0 Å². The molecule has 1 amide bonds. The molecule has 1 atom stereocenters. The smallest absolute Gasteiger partial charge is 0.318 e. The Morgan fingerprint density at radius 2 is 2.05 bits per heavy atom. The molecule has 0 bridgehead atoms. The fraction of sp³-hybridized carbons (Fsp3) is 0.500. The van der Waals surface area contributed by atoms with E-state index in [1.165, 1.54) is 12.1 Å². The molecule has 0 fully saturated rings. The van der Waals surface area contributed by atoms with E-state index in [1.54, 1.807) is 12.1 Å². The molecule has 0 aliphatic rings. The summed E-state index contributed by atoms with van der Waals surface area (Å²) >= 11 is 0. The van der Waals surface area contributed by atoms with Crippen molar-refractivity contribution in [3.8, 4) is 0 Å². The van der Waals surface area contributed by atoms with Crippen LogP contribution in [-0.2, 0) is 11.3 Å². The number of rotatable bonds is 6. The van der Waals surface area contributed by atoms with Gasteiger partial charge in [0.05, 0.1) is 0 Å². The molecule has 3 nitrogen and oxygen atoms in total. The lowest BCUT2D eigenvalue weighted by Crippen LogP contribution is -2.30. The summed E-state index contributed by atoms with van der Waals surface area (Å²) in [5.41, 5.74) is 0.975. The number of amides is 1. The van der Waals surface area contributed by atoms with Crippen molar-refractivity contribution in [2.24, 2.45) is 5.92 Å². The number of carbonyl (C=O) groups excluding carboxylic acids is 1. The quantitative estimate of drug-likeness (QED) is 0.843. The molecule has 1 unspecified atom stereocenters. The standard InChI is InChI=1S/C14H19F3N2O/c1-3-10(2)8-18-9-11-5-4-6-12(7-11)19-13(20)14(15,16)17/h4-7,10,18H,3,8-9H2,1-2H3,(H,19,20). The van der Waals surface area contributed by atoms with Crippen molar-refractivity contribution >= 4 is 11.6 Å². The normalized spacial score (nSPS) is 13.1. The number of hydrogen-bond acceptors (Lipinski definition) is 2. The van der Waals surface area contributed by atoms with Crippen molar-refractivity contribution in [2.45, 2.75) is 33.0 Å². The SMILES string of the molecule is CCC(C)CNCc1cccc(NC(=O)C(F)(F)F)c1. The zero-order valence-electron chi connectivity index (χ0n) is 11.6. The van der Waals surface area contributed by atoms with E-state index in [-0.39, 0.29) is 5.69 Å². The predicted molar refractivity (Wildman–Crippen MR) is 72.3 cm³/mol. The van der Waals surface area contributed by atoms with Gasteiger partial charge in [-0.2, -0.15) is 13.2 Å². The van der Waals surface area contributed by atoms with Crippen molar-refractivity contribution in [3.63, 3.8) is 0 Å². The molecule has 2 N–H and O–H groups in total. The molecule has 0 radical (unpaired) electrons. The monoisotopic (exact) mass is 288 g/mol. The number of benzene rings is 1. The molecule has 1 aromatic carbocycles. The van der Waals surface area contributed by atoms with Crippen molar-refractivity contribution in [1.82, 2.24) is 5.32 Å².